The van der Waals surface area contributed by atoms with Crippen LogP contribution in [0.15, 0.2) is 54.6 Å². The van der Waals surface area contributed by atoms with Crippen LogP contribution >= 0.6 is 0 Å². The Hall–Kier alpha value is -2.82. The highest BCUT2D eigenvalue weighted by atomic mass is 16.5. The fraction of sp³-hybridized carbons (Fsp3) is 0.333. The summed E-state index contributed by atoms with van der Waals surface area (Å²) < 4.78 is 5.68. The van der Waals surface area contributed by atoms with Gasteiger partial charge < -0.3 is 15.4 Å². The van der Waals surface area contributed by atoms with Gasteiger partial charge >= 0.3 is 0 Å². The lowest BCUT2D eigenvalue weighted by molar-refractivity contribution is -0.134. The van der Waals surface area contributed by atoms with Crippen molar-refractivity contribution in [2.45, 2.75) is 32.7 Å². The highest BCUT2D eigenvalue weighted by Gasteiger charge is 2.16. The largest absolute Gasteiger partial charge is 0.484 e. The Morgan fingerprint density at radius 2 is 1.81 bits per heavy atom. The first kappa shape index (κ1) is 19.5. The van der Waals surface area contributed by atoms with Gasteiger partial charge in [-0.05, 0) is 29.2 Å². The van der Waals surface area contributed by atoms with Gasteiger partial charge in [0, 0.05) is 19.5 Å². The molecule has 0 aliphatic rings. The van der Waals surface area contributed by atoms with Gasteiger partial charge in [0.15, 0.2) is 6.61 Å². The van der Waals surface area contributed by atoms with Crippen molar-refractivity contribution in [1.82, 2.24) is 4.90 Å². The Bertz CT molecular complexity index is 729. The van der Waals surface area contributed by atoms with E-state index in [0.29, 0.717) is 18.2 Å². The molecule has 0 bridgehead atoms. The van der Waals surface area contributed by atoms with Gasteiger partial charge in [0.2, 0.25) is 5.91 Å². The standard InChI is InChI=1S/C21H26N2O3/c1-16(2)18-9-6-10-19(13-18)26-15-21(25)23(12-11-20(22)24)14-17-7-4-3-5-8-17/h3-10,13,16H,11-12,14-15H2,1-2H3,(H2,22,24). The lowest BCUT2D eigenvalue weighted by Crippen LogP contribution is -2.36. The smallest absolute Gasteiger partial charge is 0.260 e. The molecule has 0 heterocycles. The molecule has 0 radical (unpaired) electrons. The molecule has 5 nitrogen and oxygen atoms in total. The predicted molar refractivity (Wildman–Crippen MR) is 102 cm³/mol. The number of ether oxygens (including phenoxy) is 1. The Labute approximate surface area is 154 Å². The number of carbonyl (C=O) groups excluding carboxylic acids is 2. The second-order valence-corrected chi connectivity index (χ2v) is 6.53. The lowest BCUT2D eigenvalue weighted by Gasteiger charge is -2.22. The van der Waals surface area contributed by atoms with Crippen LogP contribution < -0.4 is 10.5 Å². The molecule has 138 valence electrons. The Morgan fingerprint density at radius 3 is 2.46 bits per heavy atom. The van der Waals surface area contributed by atoms with Crippen molar-refractivity contribution in [1.29, 1.82) is 0 Å². The third kappa shape index (κ3) is 6.24. The molecule has 0 saturated heterocycles. The average molecular weight is 354 g/mol. The normalized spacial score (nSPS) is 10.6. The zero-order valence-corrected chi connectivity index (χ0v) is 15.4. The average Bonchev–Trinajstić information content (AvgIpc) is 2.64. The summed E-state index contributed by atoms with van der Waals surface area (Å²) in [6, 6.07) is 17.4. The maximum absolute atomic E-state index is 12.6. The second kappa shape index (κ2) is 9.61. The maximum atomic E-state index is 12.6. The minimum absolute atomic E-state index is 0.0762. The quantitative estimate of drug-likeness (QED) is 0.752. The molecule has 0 aliphatic heterocycles. The van der Waals surface area contributed by atoms with Crippen LogP contribution in [0.2, 0.25) is 0 Å². The third-order valence-corrected chi connectivity index (χ3v) is 4.08. The summed E-state index contributed by atoms with van der Waals surface area (Å²) >= 11 is 0. The van der Waals surface area contributed by atoms with Crippen molar-refractivity contribution in [3.63, 3.8) is 0 Å². The van der Waals surface area contributed by atoms with Gasteiger partial charge in [-0.2, -0.15) is 0 Å². The van der Waals surface area contributed by atoms with Gasteiger partial charge in [-0.1, -0.05) is 56.3 Å². The molecule has 0 spiro atoms. The molecule has 2 aromatic carbocycles. The number of rotatable bonds is 9. The minimum atomic E-state index is -0.429. The Balaban J connectivity index is 2.00. The molecule has 2 N–H and O–H groups in total. The SMILES string of the molecule is CC(C)c1cccc(OCC(=O)N(CCC(N)=O)Cc2ccccc2)c1. The molecule has 0 aromatic heterocycles. The molecular formula is C21H26N2O3. The first-order valence-electron chi connectivity index (χ1n) is 8.78. The van der Waals surface area contributed by atoms with Crippen molar-refractivity contribution < 1.29 is 14.3 Å². The zero-order chi connectivity index (χ0) is 18.9. The Kier molecular flexibility index (Phi) is 7.21. The maximum Gasteiger partial charge on any atom is 0.260 e. The van der Waals surface area contributed by atoms with Crippen molar-refractivity contribution in [3.8, 4) is 5.75 Å². The summed E-state index contributed by atoms with van der Waals surface area (Å²) in [5.41, 5.74) is 7.39. The number of amides is 2. The van der Waals surface area contributed by atoms with Crippen LogP contribution in [-0.4, -0.2) is 29.9 Å². The lowest BCUT2D eigenvalue weighted by atomic mass is 10.0. The highest BCUT2D eigenvalue weighted by Crippen LogP contribution is 2.20. The zero-order valence-electron chi connectivity index (χ0n) is 15.4. The monoisotopic (exact) mass is 354 g/mol. The number of benzene rings is 2. The first-order valence-corrected chi connectivity index (χ1v) is 8.78. The van der Waals surface area contributed by atoms with E-state index in [9.17, 15) is 9.59 Å². The van der Waals surface area contributed by atoms with E-state index < -0.39 is 5.91 Å². The van der Waals surface area contributed by atoms with Crippen molar-refractivity contribution in [2.24, 2.45) is 5.73 Å². The number of primary amides is 1. The van der Waals surface area contributed by atoms with Crippen molar-refractivity contribution in [3.05, 3.63) is 65.7 Å². The predicted octanol–water partition coefficient (Wildman–Crippen LogP) is 3.09. The fourth-order valence-corrected chi connectivity index (χ4v) is 2.54. The fourth-order valence-electron chi connectivity index (χ4n) is 2.54. The van der Waals surface area contributed by atoms with E-state index >= 15 is 0 Å². The van der Waals surface area contributed by atoms with Crippen LogP contribution in [0.1, 0.15) is 37.3 Å². The summed E-state index contributed by atoms with van der Waals surface area (Å²) in [6.07, 6.45) is 0.126. The summed E-state index contributed by atoms with van der Waals surface area (Å²) in [6.45, 7) is 4.83. The van der Waals surface area contributed by atoms with E-state index in [1.807, 2.05) is 54.6 Å². The van der Waals surface area contributed by atoms with Gasteiger partial charge in [0.1, 0.15) is 5.75 Å². The molecule has 0 unspecified atom stereocenters. The summed E-state index contributed by atoms with van der Waals surface area (Å²) in [5.74, 6) is 0.449. The molecule has 5 heteroatoms. The summed E-state index contributed by atoms with van der Waals surface area (Å²) in [4.78, 5) is 25.3. The van der Waals surface area contributed by atoms with E-state index in [1.54, 1.807) is 4.90 Å². The summed E-state index contributed by atoms with van der Waals surface area (Å²) in [7, 11) is 0. The molecule has 0 fully saturated rings. The third-order valence-electron chi connectivity index (χ3n) is 4.08. The number of carbonyl (C=O) groups is 2. The van der Waals surface area contributed by atoms with Crippen LogP contribution in [0.25, 0.3) is 0 Å². The minimum Gasteiger partial charge on any atom is -0.484 e. The van der Waals surface area contributed by atoms with E-state index in [4.69, 9.17) is 10.5 Å². The van der Waals surface area contributed by atoms with Gasteiger partial charge in [-0.25, -0.2) is 0 Å². The van der Waals surface area contributed by atoms with Gasteiger partial charge in [0.25, 0.3) is 5.91 Å². The second-order valence-electron chi connectivity index (χ2n) is 6.53. The molecule has 2 aromatic rings. The van der Waals surface area contributed by atoms with E-state index in [1.165, 1.54) is 0 Å². The van der Waals surface area contributed by atoms with Crippen molar-refractivity contribution in [2.75, 3.05) is 13.2 Å². The molecule has 26 heavy (non-hydrogen) atoms. The van der Waals surface area contributed by atoms with Crippen LogP contribution in [0.4, 0.5) is 0 Å². The highest BCUT2D eigenvalue weighted by molar-refractivity contribution is 5.79. The number of hydrogen-bond acceptors (Lipinski definition) is 3. The number of hydrogen-bond donors (Lipinski definition) is 1. The number of nitrogens with zero attached hydrogens (tertiary/aromatic N) is 1. The number of nitrogens with two attached hydrogens (primary N) is 1. The van der Waals surface area contributed by atoms with E-state index in [-0.39, 0.29) is 25.5 Å². The van der Waals surface area contributed by atoms with Crippen LogP contribution in [0.5, 0.6) is 5.75 Å². The van der Waals surface area contributed by atoms with Crippen LogP contribution in [0.3, 0.4) is 0 Å². The molecule has 0 saturated carbocycles. The van der Waals surface area contributed by atoms with E-state index in [0.717, 1.165) is 11.1 Å². The van der Waals surface area contributed by atoms with Gasteiger partial charge in [0.05, 0.1) is 0 Å². The topological polar surface area (TPSA) is 72.6 Å². The van der Waals surface area contributed by atoms with Crippen LogP contribution in [-0.2, 0) is 16.1 Å². The molecule has 2 amide bonds. The molecule has 0 aliphatic carbocycles. The molecular weight excluding hydrogens is 328 g/mol. The summed E-state index contributed by atoms with van der Waals surface area (Å²) in [5, 5.41) is 0. The van der Waals surface area contributed by atoms with Crippen LogP contribution in [0, 0.1) is 0 Å². The Morgan fingerprint density at radius 1 is 1.08 bits per heavy atom. The van der Waals surface area contributed by atoms with Gasteiger partial charge in [-0.3, -0.25) is 9.59 Å². The first-order chi connectivity index (χ1) is 12.5. The van der Waals surface area contributed by atoms with Crippen molar-refractivity contribution >= 4 is 11.8 Å². The van der Waals surface area contributed by atoms with E-state index in [2.05, 4.69) is 13.8 Å². The van der Waals surface area contributed by atoms with Gasteiger partial charge in [-0.15, -0.1) is 0 Å². The molecule has 0 atom stereocenters. The molecule has 2 rings (SSSR count).